The van der Waals surface area contributed by atoms with Crippen LogP contribution in [0.4, 0.5) is 21.0 Å². The lowest BCUT2D eigenvalue weighted by atomic mass is 9.85. The van der Waals surface area contributed by atoms with Crippen LogP contribution in [-0.4, -0.2) is 84.3 Å². The number of ether oxygens (including phenoxy) is 2. The summed E-state index contributed by atoms with van der Waals surface area (Å²) >= 11 is 0. The van der Waals surface area contributed by atoms with E-state index in [2.05, 4.69) is 21.9 Å². The smallest absolute Gasteiger partial charge is 0.419 e. The molecule has 0 spiro atoms. The third-order valence-corrected chi connectivity index (χ3v) is 11.2. The van der Waals surface area contributed by atoms with Gasteiger partial charge in [-0.25, -0.2) is 22.9 Å². The van der Waals surface area contributed by atoms with Gasteiger partial charge >= 0.3 is 12.2 Å². The number of nitrogens with zero attached hydrogens (tertiary/aromatic N) is 2. The zero-order valence-corrected chi connectivity index (χ0v) is 31.8. The Morgan fingerprint density at radius 1 is 0.943 bits per heavy atom. The van der Waals surface area contributed by atoms with Gasteiger partial charge in [0.25, 0.3) is 5.91 Å². The molecule has 1 heterocycles. The van der Waals surface area contributed by atoms with Crippen molar-refractivity contribution in [1.29, 1.82) is 0 Å². The second-order valence-corrected chi connectivity index (χ2v) is 17.8. The van der Waals surface area contributed by atoms with Crippen LogP contribution < -0.4 is 20.3 Å². The first-order valence-electron chi connectivity index (χ1n) is 17.7. The summed E-state index contributed by atoms with van der Waals surface area (Å²) in [6, 6.07) is 15.2. The van der Waals surface area contributed by atoms with Gasteiger partial charge in [0.1, 0.15) is 29.3 Å². The Kier molecular flexibility index (Phi) is 11.0. The van der Waals surface area contributed by atoms with Crippen molar-refractivity contribution in [1.82, 2.24) is 20.3 Å². The second-order valence-electron chi connectivity index (χ2n) is 15.9. The van der Waals surface area contributed by atoms with E-state index >= 15 is 0 Å². The molecule has 0 aromatic heterocycles. The van der Waals surface area contributed by atoms with E-state index in [1.165, 1.54) is 15.9 Å². The van der Waals surface area contributed by atoms with Crippen LogP contribution in [0.1, 0.15) is 67.2 Å². The Labute approximate surface area is 310 Å². The number of amides is 5. The molecule has 1 saturated heterocycles. The molecule has 14 nitrogen and oxygen atoms in total. The van der Waals surface area contributed by atoms with Crippen LogP contribution >= 0.6 is 0 Å². The summed E-state index contributed by atoms with van der Waals surface area (Å²) in [7, 11) is -3.93. The van der Waals surface area contributed by atoms with E-state index < -0.39 is 85.8 Å². The topological polar surface area (TPSA) is 181 Å². The molecular weight excluding hydrogens is 703 g/mol. The lowest BCUT2D eigenvalue weighted by Gasteiger charge is -2.36. The number of carbonyl (C=O) groups excluding carboxylic acids is 5. The quantitative estimate of drug-likeness (QED) is 0.278. The highest BCUT2D eigenvalue weighted by Gasteiger charge is 2.62. The predicted octanol–water partition coefficient (Wildman–Crippen LogP) is 4.54. The zero-order valence-electron chi connectivity index (χ0n) is 31.0. The minimum absolute atomic E-state index is 0.0985. The molecule has 0 bridgehead atoms. The molecule has 2 aliphatic carbocycles. The van der Waals surface area contributed by atoms with E-state index in [1.54, 1.807) is 90.1 Å². The molecule has 3 N–H and O–H groups in total. The van der Waals surface area contributed by atoms with E-state index in [1.807, 2.05) is 12.1 Å². The molecule has 3 fully saturated rings. The van der Waals surface area contributed by atoms with Gasteiger partial charge in [-0.1, -0.05) is 63.2 Å². The molecule has 5 rings (SSSR count). The predicted molar refractivity (Wildman–Crippen MR) is 197 cm³/mol. The van der Waals surface area contributed by atoms with Gasteiger partial charge in [0.2, 0.25) is 21.8 Å². The van der Waals surface area contributed by atoms with Crippen molar-refractivity contribution in [3.05, 3.63) is 73.3 Å². The maximum absolute atomic E-state index is 14.5. The zero-order chi connectivity index (χ0) is 38.9. The van der Waals surface area contributed by atoms with Crippen LogP contribution in [0, 0.1) is 11.3 Å². The van der Waals surface area contributed by atoms with Crippen LogP contribution in [0.25, 0.3) is 0 Å². The summed E-state index contributed by atoms with van der Waals surface area (Å²) < 4.78 is 39.0. The summed E-state index contributed by atoms with van der Waals surface area (Å²) in [4.78, 5) is 71.7. The summed E-state index contributed by atoms with van der Waals surface area (Å²) in [6.45, 7) is 13.8. The van der Waals surface area contributed by atoms with Gasteiger partial charge in [-0.05, 0) is 69.7 Å². The van der Waals surface area contributed by atoms with E-state index in [9.17, 15) is 32.4 Å². The van der Waals surface area contributed by atoms with Crippen LogP contribution in [0.3, 0.4) is 0 Å². The van der Waals surface area contributed by atoms with E-state index in [-0.39, 0.29) is 19.4 Å². The SMILES string of the molecule is C=CC1CC1(NC(=O)[C@@H]1C[C@@H](OC(=O)N(c2ccccc2)c2ccccc2)CN1C(=O)[C@@H](NC(=O)OC(C)(C)C)C(C)(C)C)C(=O)NS(=O)(=O)C1CC1. The Hall–Kier alpha value is -4.92. The summed E-state index contributed by atoms with van der Waals surface area (Å²) in [5, 5.41) is 4.72. The Bertz CT molecular complexity index is 1800. The maximum Gasteiger partial charge on any atom is 0.419 e. The first-order chi connectivity index (χ1) is 24.8. The molecular formula is C38H49N5O9S. The lowest BCUT2D eigenvalue weighted by molar-refractivity contribution is -0.143. The van der Waals surface area contributed by atoms with Gasteiger partial charge in [0, 0.05) is 12.3 Å². The average molecular weight is 752 g/mol. The number of anilines is 2. The van der Waals surface area contributed by atoms with Crippen molar-refractivity contribution in [2.75, 3.05) is 11.4 Å². The van der Waals surface area contributed by atoms with E-state index in [0.29, 0.717) is 24.2 Å². The Morgan fingerprint density at radius 3 is 1.98 bits per heavy atom. The Morgan fingerprint density at radius 2 is 1.51 bits per heavy atom. The second kappa shape index (κ2) is 14.8. The minimum atomic E-state index is -3.93. The molecule has 5 atom stereocenters. The third kappa shape index (κ3) is 9.18. The molecule has 3 aliphatic rings. The first kappa shape index (κ1) is 39.3. The average Bonchev–Trinajstić information content (AvgIpc) is 4.00. The number of para-hydroxylation sites is 2. The molecule has 5 amide bonds. The van der Waals surface area contributed by atoms with Crippen molar-refractivity contribution in [2.45, 2.75) is 102 Å². The van der Waals surface area contributed by atoms with Gasteiger partial charge in [0.15, 0.2) is 0 Å². The van der Waals surface area contributed by atoms with E-state index in [0.717, 1.165) is 0 Å². The highest BCUT2D eigenvalue weighted by atomic mass is 32.2. The van der Waals surface area contributed by atoms with Gasteiger partial charge in [-0.15, -0.1) is 6.58 Å². The van der Waals surface area contributed by atoms with Crippen molar-refractivity contribution in [2.24, 2.45) is 11.3 Å². The third-order valence-electron chi connectivity index (χ3n) is 9.35. The maximum atomic E-state index is 14.5. The summed E-state index contributed by atoms with van der Waals surface area (Å²) in [5.41, 5.74) is -2.29. The fourth-order valence-electron chi connectivity index (χ4n) is 6.34. The van der Waals surface area contributed by atoms with Crippen molar-refractivity contribution < 1.29 is 41.9 Å². The number of hydrogen-bond donors (Lipinski definition) is 3. The molecule has 15 heteroatoms. The number of benzene rings is 2. The first-order valence-corrected chi connectivity index (χ1v) is 19.2. The van der Waals surface area contributed by atoms with Crippen LogP contribution in [0.5, 0.6) is 0 Å². The van der Waals surface area contributed by atoms with Crippen molar-refractivity contribution in [3.8, 4) is 0 Å². The molecule has 2 unspecified atom stereocenters. The number of sulfonamides is 1. The lowest BCUT2D eigenvalue weighted by Crippen LogP contribution is -2.60. The van der Waals surface area contributed by atoms with Crippen molar-refractivity contribution in [3.63, 3.8) is 0 Å². The fraction of sp³-hybridized carbons (Fsp3) is 0.500. The Balaban J connectivity index is 1.44. The normalized spacial score (nSPS) is 23.2. The van der Waals surface area contributed by atoms with Gasteiger partial charge in [-0.2, -0.15) is 0 Å². The number of carbonyl (C=O) groups is 5. The molecule has 2 aromatic carbocycles. The largest absolute Gasteiger partial charge is 0.444 e. The number of alkyl carbamates (subject to hydrolysis) is 1. The van der Waals surface area contributed by atoms with E-state index in [4.69, 9.17) is 9.47 Å². The monoisotopic (exact) mass is 751 g/mol. The highest BCUT2D eigenvalue weighted by molar-refractivity contribution is 7.91. The molecule has 2 aromatic rings. The molecule has 1 aliphatic heterocycles. The number of hydrogen-bond acceptors (Lipinski definition) is 9. The van der Waals surface area contributed by atoms with Gasteiger partial charge in [-0.3, -0.25) is 19.1 Å². The standard InChI is InChI=1S/C38H49N5O9S/c1-8-24-22-38(24,33(46)41-53(49,50)28-19-20-28)40-31(44)29-21-27(23-42(29)32(45)30(36(2,3)4)39-34(47)52-37(5,6)7)51-35(48)43(25-15-11-9-12-16-25)26-17-13-10-14-18-26/h8-18,24,27-30H,1,19-23H2,2-7H3,(H,39,47)(H,40,44)(H,41,46)/t24?,27-,29+,30-,38?/m1/s1. The minimum Gasteiger partial charge on any atom is -0.444 e. The van der Waals surface area contributed by atoms with Crippen LogP contribution in [0.15, 0.2) is 73.3 Å². The van der Waals surface area contributed by atoms with Crippen LogP contribution in [-0.2, 0) is 33.9 Å². The summed E-state index contributed by atoms with van der Waals surface area (Å²) in [6.07, 6.45) is -0.302. The summed E-state index contributed by atoms with van der Waals surface area (Å²) in [5.74, 6) is -2.85. The van der Waals surface area contributed by atoms with Gasteiger partial charge in [0.05, 0.1) is 23.2 Å². The molecule has 53 heavy (non-hydrogen) atoms. The fourth-order valence-corrected chi connectivity index (χ4v) is 7.71. The molecule has 286 valence electrons. The number of rotatable bonds is 11. The van der Waals surface area contributed by atoms with Crippen LogP contribution in [0.2, 0.25) is 0 Å². The van der Waals surface area contributed by atoms with Crippen molar-refractivity contribution >= 4 is 51.3 Å². The molecule has 2 saturated carbocycles. The number of nitrogens with one attached hydrogen (secondary N) is 3. The van der Waals surface area contributed by atoms with Gasteiger partial charge < -0.3 is 25.0 Å². The molecule has 0 radical (unpaired) electrons. The highest BCUT2D eigenvalue weighted by Crippen LogP contribution is 2.45. The number of likely N-dealkylation sites (tertiary alicyclic amines) is 1.